The molecule has 0 radical (unpaired) electrons. The van der Waals surface area contributed by atoms with Crippen LogP contribution in [0.4, 0.5) is 0 Å². The van der Waals surface area contributed by atoms with Crippen molar-refractivity contribution in [3.05, 3.63) is 0 Å². The van der Waals surface area contributed by atoms with Crippen molar-refractivity contribution in [1.29, 1.82) is 5.26 Å². The zero-order valence-electron chi connectivity index (χ0n) is 10.2. The highest BCUT2D eigenvalue weighted by molar-refractivity contribution is 8.00. The first-order valence-corrected chi connectivity index (χ1v) is 7.34. The Balaban J connectivity index is 0.00000120. The largest absolute Gasteiger partial charge is 0.317 e. The molecule has 0 spiro atoms. The number of nitrogens with two attached hydrogens (primary N) is 1. The summed E-state index contributed by atoms with van der Waals surface area (Å²) in [6.07, 6.45) is 5.27. The lowest BCUT2D eigenvalue weighted by Gasteiger charge is -2.30. The molecule has 0 aromatic carbocycles. The molecule has 3 aliphatic rings. The normalized spacial score (nSPS) is 39.6. The van der Waals surface area contributed by atoms with Crippen LogP contribution in [0.25, 0.3) is 0 Å². The van der Waals surface area contributed by atoms with Crippen molar-refractivity contribution in [3.8, 4) is 6.07 Å². The summed E-state index contributed by atoms with van der Waals surface area (Å²) >= 11 is 1.71. The fraction of sp³-hybridized carbons (Fsp3) is 0.833. The van der Waals surface area contributed by atoms with Crippen LogP contribution in [-0.4, -0.2) is 33.5 Å². The summed E-state index contributed by atoms with van der Waals surface area (Å²) in [4.78, 5) is 14.3. The standard InChI is InChI=1S/C12H17N3OS.ClH/c13-6-9-7-17-10-5-12(14,11(16)15(9)10)8-3-1-2-4-8;/h8-10H,1-5,7,14H2;1H/t9-,10+,12-;/m1./s1. The van der Waals surface area contributed by atoms with Crippen molar-refractivity contribution in [2.45, 2.75) is 49.1 Å². The van der Waals surface area contributed by atoms with Gasteiger partial charge in [0.1, 0.15) is 11.6 Å². The van der Waals surface area contributed by atoms with E-state index in [4.69, 9.17) is 11.0 Å². The molecule has 2 saturated heterocycles. The molecule has 2 heterocycles. The van der Waals surface area contributed by atoms with E-state index < -0.39 is 5.54 Å². The number of nitrogens with zero attached hydrogens (tertiary/aromatic N) is 2. The smallest absolute Gasteiger partial charge is 0.245 e. The minimum atomic E-state index is -0.677. The quantitative estimate of drug-likeness (QED) is 0.793. The van der Waals surface area contributed by atoms with E-state index in [0.29, 0.717) is 5.92 Å². The number of nitriles is 1. The highest BCUT2D eigenvalue weighted by atomic mass is 35.5. The molecule has 2 N–H and O–H groups in total. The molecule has 3 rings (SSSR count). The summed E-state index contributed by atoms with van der Waals surface area (Å²) < 4.78 is 0. The maximum atomic E-state index is 12.5. The minimum Gasteiger partial charge on any atom is -0.317 e. The molecule has 4 nitrogen and oxygen atoms in total. The molecule has 6 heteroatoms. The van der Waals surface area contributed by atoms with Gasteiger partial charge in [0.25, 0.3) is 0 Å². The number of hydrogen-bond donors (Lipinski definition) is 1. The second kappa shape index (κ2) is 4.92. The molecule has 1 amide bonds. The van der Waals surface area contributed by atoms with Gasteiger partial charge in [0.05, 0.1) is 11.4 Å². The number of rotatable bonds is 1. The van der Waals surface area contributed by atoms with E-state index in [1.807, 2.05) is 0 Å². The Hall–Kier alpha value is -0.440. The summed E-state index contributed by atoms with van der Waals surface area (Å²) in [5, 5.41) is 9.22. The van der Waals surface area contributed by atoms with E-state index in [9.17, 15) is 4.79 Å². The van der Waals surface area contributed by atoms with Crippen LogP contribution < -0.4 is 5.73 Å². The van der Waals surface area contributed by atoms with Crippen molar-refractivity contribution in [2.24, 2.45) is 11.7 Å². The summed E-state index contributed by atoms with van der Waals surface area (Å²) in [6.45, 7) is 0. The lowest BCUT2D eigenvalue weighted by atomic mass is 9.82. The molecule has 0 aromatic rings. The summed E-state index contributed by atoms with van der Waals surface area (Å²) in [5.74, 6) is 1.11. The highest BCUT2D eigenvalue weighted by Crippen LogP contribution is 2.47. The lowest BCUT2D eigenvalue weighted by Crippen LogP contribution is -2.54. The van der Waals surface area contributed by atoms with Gasteiger partial charge < -0.3 is 10.6 Å². The van der Waals surface area contributed by atoms with E-state index in [2.05, 4.69) is 6.07 Å². The molecule has 3 atom stereocenters. The first kappa shape index (κ1) is 14.0. The number of fused-ring (bicyclic) bond motifs is 1. The predicted octanol–water partition coefficient (Wildman–Crippen LogP) is 1.49. The van der Waals surface area contributed by atoms with Crippen molar-refractivity contribution in [3.63, 3.8) is 0 Å². The highest BCUT2D eigenvalue weighted by Gasteiger charge is 2.57. The average molecular weight is 288 g/mol. The summed E-state index contributed by atoms with van der Waals surface area (Å²) in [7, 11) is 0. The first-order chi connectivity index (χ1) is 8.16. The van der Waals surface area contributed by atoms with Crippen molar-refractivity contribution >= 4 is 30.1 Å². The van der Waals surface area contributed by atoms with Gasteiger partial charge in [-0.15, -0.1) is 24.2 Å². The number of amides is 1. The second-order valence-electron chi connectivity index (χ2n) is 5.37. The third kappa shape index (κ3) is 1.82. The van der Waals surface area contributed by atoms with Crippen LogP contribution in [-0.2, 0) is 4.79 Å². The van der Waals surface area contributed by atoms with Crippen LogP contribution in [0.1, 0.15) is 32.1 Å². The van der Waals surface area contributed by atoms with Crippen LogP contribution in [0.15, 0.2) is 0 Å². The molecule has 3 fully saturated rings. The molecule has 1 aliphatic carbocycles. The molecule has 0 aromatic heterocycles. The number of carbonyl (C=O) groups excluding carboxylic acids is 1. The second-order valence-corrected chi connectivity index (χ2v) is 6.58. The van der Waals surface area contributed by atoms with Gasteiger partial charge in [0.15, 0.2) is 0 Å². The Bertz CT molecular complexity index is 393. The van der Waals surface area contributed by atoms with E-state index in [1.165, 1.54) is 12.8 Å². The zero-order chi connectivity index (χ0) is 12.0. The van der Waals surface area contributed by atoms with E-state index in [1.54, 1.807) is 16.7 Å². The van der Waals surface area contributed by atoms with Crippen LogP contribution in [0.2, 0.25) is 0 Å². The van der Waals surface area contributed by atoms with Gasteiger partial charge in [0.2, 0.25) is 5.91 Å². The Morgan fingerprint density at radius 2 is 2.11 bits per heavy atom. The molecule has 18 heavy (non-hydrogen) atoms. The van der Waals surface area contributed by atoms with Gasteiger partial charge in [-0.1, -0.05) is 12.8 Å². The minimum absolute atomic E-state index is 0. The number of thioether (sulfide) groups is 1. The number of halogens is 1. The Kier molecular flexibility index (Phi) is 3.82. The van der Waals surface area contributed by atoms with Crippen molar-refractivity contribution < 1.29 is 4.79 Å². The van der Waals surface area contributed by atoms with Gasteiger partial charge in [-0.2, -0.15) is 5.26 Å². The van der Waals surface area contributed by atoms with Crippen LogP contribution >= 0.6 is 24.2 Å². The predicted molar refractivity (Wildman–Crippen MR) is 73.2 cm³/mol. The molecule has 100 valence electrons. The van der Waals surface area contributed by atoms with E-state index >= 15 is 0 Å². The summed E-state index contributed by atoms with van der Waals surface area (Å²) in [5.41, 5.74) is 5.72. The van der Waals surface area contributed by atoms with Crippen LogP contribution in [0.3, 0.4) is 0 Å². The Morgan fingerprint density at radius 1 is 1.44 bits per heavy atom. The van der Waals surface area contributed by atoms with Crippen LogP contribution in [0.5, 0.6) is 0 Å². The Morgan fingerprint density at radius 3 is 2.72 bits per heavy atom. The topological polar surface area (TPSA) is 70.1 Å². The maximum Gasteiger partial charge on any atom is 0.245 e. The van der Waals surface area contributed by atoms with Crippen LogP contribution in [0, 0.1) is 17.2 Å². The molecule has 0 bridgehead atoms. The Labute approximate surface area is 118 Å². The SMILES string of the molecule is Cl.N#C[C@@H]1CS[C@H]2C[C@@](N)(C3CCCC3)C(=O)N12. The van der Waals surface area contributed by atoms with E-state index in [-0.39, 0.29) is 29.7 Å². The lowest BCUT2D eigenvalue weighted by molar-refractivity contribution is -0.134. The monoisotopic (exact) mass is 287 g/mol. The van der Waals surface area contributed by atoms with Gasteiger partial charge in [-0.05, 0) is 18.8 Å². The third-order valence-electron chi connectivity index (χ3n) is 4.47. The first-order valence-electron chi connectivity index (χ1n) is 6.29. The maximum absolute atomic E-state index is 12.5. The zero-order valence-corrected chi connectivity index (χ0v) is 11.8. The molecule has 2 aliphatic heterocycles. The van der Waals surface area contributed by atoms with Gasteiger partial charge in [-0.25, -0.2) is 0 Å². The fourth-order valence-corrected chi connectivity index (χ4v) is 4.93. The fourth-order valence-electron chi connectivity index (χ4n) is 3.49. The third-order valence-corrected chi connectivity index (χ3v) is 5.76. The number of carbonyl (C=O) groups is 1. The van der Waals surface area contributed by atoms with Gasteiger partial charge in [-0.3, -0.25) is 4.79 Å². The number of hydrogen-bond acceptors (Lipinski definition) is 4. The molecular weight excluding hydrogens is 270 g/mol. The van der Waals surface area contributed by atoms with E-state index in [0.717, 1.165) is 25.0 Å². The molecule has 1 saturated carbocycles. The molecular formula is C12H18ClN3OS. The van der Waals surface area contributed by atoms with Gasteiger partial charge >= 0.3 is 0 Å². The van der Waals surface area contributed by atoms with Crippen molar-refractivity contribution in [1.82, 2.24) is 4.90 Å². The summed E-state index contributed by atoms with van der Waals surface area (Å²) in [6, 6.07) is 1.96. The van der Waals surface area contributed by atoms with Crippen molar-refractivity contribution in [2.75, 3.05) is 5.75 Å². The average Bonchev–Trinajstić information content (AvgIpc) is 2.99. The van der Waals surface area contributed by atoms with Gasteiger partial charge in [0, 0.05) is 12.2 Å². The molecule has 0 unspecified atom stereocenters.